The van der Waals surface area contributed by atoms with E-state index in [0.29, 0.717) is 13.1 Å². The summed E-state index contributed by atoms with van der Waals surface area (Å²) in [6.07, 6.45) is 3.52. The molecule has 1 aromatic carbocycles. The van der Waals surface area contributed by atoms with Crippen LogP contribution in [0.1, 0.15) is 24.3 Å². The third-order valence-electron chi connectivity index (χ3n) is 4.63. The highest BCUT2D eigenvalue weighted by atomic mass is 32.1. The Labute approximate surface area is 162 Å². The van der Waals surface area contributed by atoms with E-state index in [2.05, 4.69) is 25.9 Å². The van der Waals surface area contributed by atoms with Crippen LogP contribution in [0.2, 0.25) is 0 Å². The summed E-state index contributed by atoms with van der Waals surface area (Å²) in [6.45, 7) is 2.03. The molecule has 0 aliphatic carbocycles. The number of likely N-dealkylation sites (tertiary alicyclic amines) is 1. The molecule has 0 radical (unpaired) electrons. The van der Waals surface area contributed by atoms with Gasteiger partial charge in [-0.1, -0.05) is 18.2 Å². The third-order valence-corrected chi connectivity index (χ3v) is 5.43. The van der Waals surface area contributed by atoms with Gasteiger partial charge in [0.1, 0.15) is 5.76 Å². The fourth-order valence-electron chi connectivity index (χ4n) is 3.31. The van der Waals surface area contributed by atoms with Gasteiger partial charge in [0.15, 0.2) is 5.13 Å². The number of nitrogens with zero attached hydrogens (tertiary/aromatic N) is 2. The number of anilines is 2. The van der Waals surface area contributed by atoms with Crippen molar-refractivity contribution in [2.24, 2.45) is 0 Å². The van der Waals surface area contributed by atoms with Gasteiger partial charge in [-0.3, -0.25) is 9.69 Å². The van der Waals surface area contributed by atoms with Gasteiger partial charge >= 0.3 is 0 Å². The molecule has 140 valence electrons. The molecular weight excluding hydrogens is 360 g/mol. The van der Waals surface area contributed by atoms with Gasteiger partial charge in [-0.15, -0.1) is 11.3 Å². The monoisotopic (exact) mass is 382 g/mol. The molecule has 4 rings (SSSR count). The van der Waals surface area contributed by atoms with Gasteiger partial charge < -0.3 is 15.1 Å². The van der Waals surface area contributed by atoms with E-state index >= 15 is 0 Å². The minimum atomic E-state index is -0.104. The fourth-order valence-corrected chi connectivity index (χ4v) is 4.03. The summed E-state index contributed by atoms with van der Waals surface area (Å²) in [4.78, 5) is 19.4. The zero-order valence-electron chi connectivity index (χ0n) is 14.9. The quantitative estimate of drug-likeness (QED) is 0.651. The minimum Gasteiger partial charge on any atom is -0.467 e. The summed E-state index contributed by atoms with van der Waals surface area (Å²) < 4.78 is 5.28. The number of para-hydroxylation sites is 1. The number of thiazole rings is 1. The van der Waals surface area contributed by atoms with Gasteiger partial charge in [0.05, 0.1) is 24.5 Å². The van der Waals surface area contributed by atoms with Crippen molar-refractivity contribution in [2.45, 2.75) is 32.0 Å². The van der Waals surface area contributed by atoms with Crippen LogP contribution in [0.15, 0.2) is 58.5 Å². The number of furan rings is 1. The summed E-state index contributed by atoms with van der Waals surface area (Å²) >= 11 is 1.58. The number of hydrogen-bond donors (Lipinski definition) is 2. The van der Waals surface area contributed by atoms with Crippen molar-refractivity contribution in [1.82, 2.24) is 15.2 Å². The predicted octanol–water partition coefficient (Wildman–Crippen LogP) is 3.76. The zero-order valence-corrected chi connectivity index (χ0v) is 15.7. The molecule has 27 heavy (non-hydrogen) atoms. The number of amides is 1. The van der Waals surface area contributed by atoms with Crippen molar-refractivity contribution < 1.29 is 9.21 Å². The Hall–Kier alpha value is -2.64. The molecule has 6 nitrogen and oxygen atoms in total. The molecule has 3 heterocycles. The second-order valence-corrected chi connectivity index (χ2v) is 7.42. The lowest BCUT2D eigenvalue weighted by molar-refractivity contribution is -0.125. The number of benzene rings is 1. The Morgan fingerprint density at radius 1 is 1.26 bits per heavy atom. The van der Waals surface area contributed by atoms with Crippen LogP contribution in [0, 0.1) is 0 Å². The maximum absolute atomic E-state index is 12.6. The van der Waals surface area contributed by atoms with Gasteiger partial charge in [-0.25, -0.2) is 4.98 Å². The van der Waals surface area contributed by atoms with Crippen molar-refractivity contribution in [3.63, 3.8) is 0 Å². The van der Waals surface area contributed by atoms with E-state index in [-0.39, 0.29) is 11.9 Å². The molecule has 7 heteroatoms. The first kappa shape index (κ1) is 17.8. The average molecular weight is 382 g/mol. The molecule has 0 bridgehead atoms. The Bertz CT molecular complexity index is 863. The van der Waals surface area contributed by atoms with Crippen LogP contribution in [-0.2, 0) is 17.9 Å². The van der Waals surface area contributed by atoms with E-state index in [4.69, 9.17) is 4.42 Å². The van der Waals surface area contributed by atoms with Crippen LogP contribution < -0.4 is 10.6 Å². The number of aromatic nitrogens is 1. The lowest BCUT2D eigenvalue weighted by Gasteiger charge is -2.22. The molecule has 1 fully saturated rings. The van der Waals surface area contributed by atoms with Crippen molar-refractivity contribution in [3.05, 3.63) is 65.6 Å². The van der Waals surface area contributed by atoms with Crippen molar-refractivity contribution in [2.75, 3.05) is 11.9 Å². The lowest BCUT2D eigenvalue weighted by Crippen LogP contribution is -2.42. The second kappa shape index (κ2) is 8.37. The molecule has 1 aliphatic rings. The Balaban J connectivity index is 1.33. The van der Waals surface area contributed by atoms with Crippen molar-refractivity contribution >= 4 is 28.1 Å². The molecule has 2 N–H and O–H groups in total. The molecule has 2 aromatic heterocycles. The molecular formula is C20H22N4O2S. The van der Waals surface area contributed by atoms with Crippen LogP contribution in [0.4, 0.5) is 10.8 Å². The molecule has 3 aromatic rings. The summed E-state index contributed by atoms with van der Waals surface area (Å²) in [5, 5.41) is 9.22. The highest BCUT2D eigenvalue weighted by molar-refractivity contribution is 7.13. The largest absolute Gasteiger partial charge is 0.467 e. The van der Waals surface area contributed by atoms with Crippen molar-refractivity contribution in [1.29, 1.82) is 0 Å². The number of carbonyl (C=O) groups excluding carboxylic acids is 1. The Morgan fingerprint density at radius 2 is 2.15 bits per heavy atom. The number of nitrogens with one attached hydrogen (secondary N) is 2. The minimum absolute atomic E-state index is 0.0572. The van der Waals surface area contributed by atoms with Gasteiger partial charge in [0.25, 0.3) is 0 Å². The summed E-state index contributed by atoms with van der Waals surface area (Å²) in [5.41, 5.74) is 2.01. The number of hydrogen-bond acceptors (Lipinski definition) is 6. The highest BCUT2D eigenvalue weighted by Gasteiger charge is 2.31. The molecule has 0 spiro atoms. The SMILES string of the molecule is O=C(NCc1ccco1)C1CCCN1Cc1csc(Nc2ccccc2)n1. The molecule has 1 amide bonds. The maximum Gasteiger partial charge on any atom is 0.237 e. The summed E-state index contributed by atoms with van der Waals surface area (Å²) in [6, 6.07) is 13.6. The normalized spacial score (nSPS) is 17.1. The molecule has 0 saturated carbocycles. The van der Waals surface area contributed by atoms with Gasteiger partial charge in [0, 0.05) is 17.6 Å². The Kier molecular flexibility index (Phi) is 5.50. The van der Waals surface area contributed by atoms with Crippen LogP contribution in [0.5, 0.6) is 0 Å². The number of carbonyl (C=O) groups is 1. The smallest absolute Gasteiger partial charge is 0.237 e. The molecule has 1 atom stereocenters. The van der Waals surface area contributed by atoms with Gasteiger partial charge in [-0.2, -0.15) is 0 Å². The third kappa shape index (κ3) is 4.56. The summed E-state index contributed by atoms with van der Waals surface area (Å²) in [7, 11) is 0. The molecule has 1 saturated heterocycles. The van der Waals surface area contributed by atoms with Crippen LogP contribution in [0.3, 0.4) is 0 Å². The Morgan fingerprint density at radius 3 is 2.96 bits per heavy atom. The fraction of sp³-hybridized carbons (Fsp3) is 0.300. The van der Waals surface area contributed by atoms with Gasteiger partial charge in [-0.05, 0) is 43.7 Å². The first-order valence-electron chi connectivity index (χ1n) is 9.08. The van der Waals surface area contributed by atoms with E-state index < -0.39 is 0 Å². The lowest BCUT2D eigenvalue weighted by atomic mass is 10.2. The number of rotatable bonds is 7. The molecule has 1 aliphatic heterocycles. The average Bonchev–Trinajstić information content (AvgIpc) is 3.43. The summed E-state index contributed by atoms with van der Waals surface area (Å²) in [5.74, 6) is 0.825. The first-order valence-corrected chi connectivity index (χ1v) is 9.96. The van der Waals surface area contributed by atoms with Crippen LogP contribution >= 0.6 is 11.3 Å². The van der Waals surface area contributed by atoms with E-state index in [1.54, 1.807) is 17.6 Å². The predicted molar refractivity (Wildman–Crippen MR) is 106 cm³/mol. The van der Waals surface area contributed by atoms with E-state index in [0.717, 1.165) is 41.7 Å². The topological polar surface area (TPSA) is 70.4 Å². The van der Waals surface area contributed by atoms with Crippen LogP contribution in [-0.4, -0.2) is 28.4 Å². The zero-order chi connectivity index (χ0) is 18.5. The second-order valence-electron chi connectivity index (χ2n) is 6.56. The first-order chi connectivity index (χ1) is 13.3. The van der Waals surface area contributed by atoms with Gasteiger partial charge in [0.2, 0.25) is 5.91 Å². The molecule has 1 unspecified atom stereocenters. The maximum atomic E-state index is 12.6. The van der Waals surface area contributed by atoms with Crippen LogP contribution in [0.25, 0.3) is 0 Å². The standard InChI is InChI=1S/C20H22N4O2S/c25-19(21-12-17-8-5-11-26-17)18-9-4-10-24(18)13-16-14-27-20(23-16)22-15-6-2-1-3-7-15/h1-3,5-8,11,14,18H,4,9-10,12-13H2,(H,21,25)(H,22,23). The van der Waals surface area contributed by atoms with E-state index in [9.17, 15) is 4.79 Å². The van der Waals surface area contributed by atoms with Crippen molar-refractivity contribution in [3.8, 4) is 0 Å². The highest BCUT2D eigenvalue weighted by Crippen LogP contribution is 2.24. The van der Waals surface area contributed by atoms with E-state index in [1.807, 2.05) is 42.5 Å². The van der Waals surface area contributed by atoms with E-state index in [1.165, 1.54) is 0 Å².